The maximum atomic E-state index is 5.96. The Kier molecular flexibility index (Phi) is 4.98. The molecule has 2 unspecified atom stereocenters. The van der Waals surface area contributed by atoms with E-state index in [0.29, 0.717) is 12.5 Å². The Balaban J connectivity index is 2.18. The lowest BCUT2D eigenvalue weighted by Crippen LogP contribution is -2.27. The summed E-state index contributed by atoms with van der Waals surface area (Å²) in [5.41, 5.74) is 5.96. The van der Waals surface area contributed by atoms with Crippen LogP contribution in [0.2, 0.25) is 0 Å². The molecular weight excluding hydrogens is 178 g/mol. The van der Waals surface area contributed by atoms with Crippen molar-refractivity contribution >= 4 is 0 Å². The molecule has 1 heterocycles. The molecule has 1 aliphatic heterocycles. The molecule has 3 nitrogen and oxygen atoms in total. The van der Waals surface area contributed by atoms with Crippen LogP contribution in [0, 0.1) is 5.92 Å². The van der Waals surface area contributed by atoms with Gasteiger partial charge >= 0.3 is 0 Å². The van der Waals surface area contributed by atoms with E-state index >= 15 is 0 Å². The summed E-state index contributed by atoms with van der Waals surface area (Å²) in [5, 5.41) is 0. The zero-order valence-corrected chi connectivity index (χ0v) is 9.00. The highest BCUT2D eigenvalue weighted by molar-refractivity contribution is 4.96. The van der Waals surface area contributed by atoms with E-state index in [1.807, 2.05) is 0 Å². The minimum Gasteiger partial charge on any atom is -0.497 e. The zero-order valence-electron chi connectivity index (χ0n) is 9.00. The summed E-state index contributed by atoms with van der Waals surface area (Å²) in [7, 11) is 0. The Morgan fingerprint density at radius 1 is 1.71 bits per heavy atom. The predicted octanol–water partition coefficient (Wildman–Crippen LogP) is 1.68. The number of hydrogen-bond acceptors (Lipinski definition) is 3. The molecule has 82 valence electrons. The van der Waals surface area contributed by atoms with Crippen molar-refractivity contribution in [1.82, 2.24) is 0 Å². The predicted molar refractivity (Wildman–Crippen MR) is 56.9 cm³/mol. The molecule has 0 saturated carbocycles. The van der Waals surface area contributed by atoms with Crippen molar-refractivity contribution < 1.29 is 9.47 Å². The van der Waals surface area contributed by atoms with E-state index in [9.17, 15) is 0 Å². The molecule has 0 aromatic rings. The van der Waals surface area contributed by atoms with E-state index < -0.39 is 0 Å². The summed E-state index contributed by atoms with van der Waals surface area (Å²) in [6.45, 7) is 8.35. The molecule has 0 aromatic carbocycles. The fourth-order valence-corrected chi connectivity index (χ4v) is 1.60. The van der Waals surface area contributed by atoms with Gasteiger partial charge in [0.05, 0.1) is 12.6 Å². The van der Waals surface area contributed by atoms with Gasteiger partial charge in [0.2, 0.25) is 0 Å². The fourth-order valence-electron chi connectivity index (χ4n) is 1.60. The first-order valence-electron chi connectivity index (χ1n) is 5.39. The fraction of sp³-hybridized carbons (Fsp3) is 0.818. The van der Waals surface area contributed by atoms with Gasteiger partial charge in [-0.2, -0.15) is 0 Å². The Bertz CT molecular complexity index is 176. The third-order valence-electron chi connectivity index (χ3n) is 2.52. The van der Waals surface area contributed by atoms with Gasteiger partial charge in [-0.25, -0.2) is 0 Å². The molecule has 1 aliphatic rings. The highest BCUT2D eigenvalue weighted by Crippen LogP contribution is 2.20. The van der Waals surface area contributed by atoms with E-state index in [1.54, 1.807) is 0 Å². The molecule has 0 bridgehead atoms. The smallest absolute Gasteiger partial charge is 0.105 e. The van der Waals surface area contributed by atoms with Crippen LogP contribution in [0.25, 0.3) is 0 Å². The number of hydrogen-bond donors (Lipinski definition) is 1. The van der Waals surface area contributed by atoms with Crippen molar-refractivity contribution in [2.45, 2.75) is 32.2 Å². The van der Waals surface area contributed by atoms with E-state index in [2.05, 4.69) is 13.5 Å². The Morgan fingerprint density at radius 3 is 3.07 bits per heavy atom. The van der Waals surface area contributed by atoms with Crippen molar-refractivity contribution in [3.63, 3.8) is 0 Å². The normalized spacial score (nSPS) is 23.4. The highest BCUT2D eigenvalue weighted by atomic mass is 16.5. The van der Waals surface area contributed by atoms with Gasteiger partial charge in [-0.3, -0.25) is 0 Å². The Morgan fingerprint density at radius 2 is 2.50 bits per heavy atom. The van der Waals surface area contributed by atoms with Gasteiger partial charge in [-0.15, -0.1) is 0 Å². The number of ether oxygens (including phenoxy) is 2. The largest absolute Gasteiger partial charge is 0.497 e. The van der Waals surface area contributed by atoms with Crippen LogP contribution < -0.4 is 5.73 Å². The summed E-state index contributed by atoms with van der Waals surface area (Å²) in [6, 6.07) is -0.0340. The second-order valence-corrected chi connectivity index (χ2v) is 3.89. The van der Waals surface area contributed by atoms with Crippen LogP contribution in [0.5, 0.6) is 0 Å². The summed E-state index contributed by atoms with van der Waals surface area (Å²) in [4.78, 5) is 0. The van der Waals surface area contributed by atoms with Gasteiger partial charge in [0.25, 0.3) is 0 Å². The van der Waals surface area contributed by atoms with Gasteiger partial charge in [-0.05, 0) is 25.2 Å². The molecule has 2 atom stereocenters. The van der Waals surface area contributed by atoms with Crippen molar-refractivity contribution in [1.29, 1.82) is 0 Å². The van der Waals surface area contributed by atoms with Gasteiger partial charge in [0.15, 0.2) is 0 Å². The van der Waals surface area contributed by atoms with Crippen molar-refractivity contribution in [2.24, 2.45) is 11.7 Å². The van der Waals surface area contributed by atoms with E-state index in [-0.39, 0.29) is 6.04 Å². The van der Waals surface area contributed by atoms with E-state index in [4.69, 9.17) is 15.2 Å². The van der Waals surface area contributed by atoms with Crippen LogP contribution >= 0.6 is 0 Å². The second-order valence-electron chi connectivity index (χ2n) is 3.89. The molecule has 1 saturated heterocycles. The first-order chi connectivity index (χ1) is 6.74. The molecule has 2 N–H and O–H groups in total. The van der Waals surface area contributed by atoms with Crippen molar-refractivity contribution in [3.8, 4) is 0 Å². The molecule has 0 amide bonds. The monoisotopic (exact) mass is 199 g/mol. The highest BCUT2D eigenvalue weighted by Gasteiger charge is 2.20. The van der Waals surface area contributed by atoms with E-state index in [0.717, 1.165) is 38.2 Å². The molecule has 1 fully saturated rings. The number of rotatable bonds is 6. The SMILES string of the molecule is C=C(OCCC)C(N)CC1CCOC1. The quantitative estimate of drug-likeness (QED) is 0.662. The minimum absolute atomic E-state index is 0.0340. The summed E-state index contributed by atoms with van der Waals surface area (Å²) in [6.07, 6.45) is 3.05. The van der Waals surface area contributed by atoms with Crippen LogP contribution in [0.3, 0.4) is 0 Å². The lowest BCUT2D eigenvalue weighted by Gasteiger charge is -2.18. The average molecular weight is 199 g/mol. The lowest BCUT2D eigenvalue weighted by molar-refractivity contribution is 0.171. The third-order valence-corrected chi connectivity index (χ3v) is 2.52. The molecule has 3 heteroatoms. The van der Waals surface area contributed by atoms with Crippen LogP contribution in [0.15, 0.2) is 12.3 Å². The molecule has 0 radical (unpaired) electrons. The van der Waals surface area contributed by atoms with Crippen LogP contribution in [-0.4, -0.2) is 25.9 Å². The summed E-state index contributed by atoms with van der Waals surface area (Å²) in [5.74, 6) is 1.31. The first-order valence-corrected chi connectivity index (χ1v) is 5.39. The van der Waals surface area contributed by atoms with Gasteiger partial charge < -0.3 is 15.2 Å². The third kappa shape index (κ3) is 3.68. The molecule has 0 aromatic heterocycles. The topological polar surface area (TPSA) is 44.5 Å². The number of nitrogens with two attached hydrogens (primary N) is 1. The second kappa shape index (κ2) is 6.04. The van der Waals surface area contributed by atoms with Crippen LogP contribution in [0.1, 0.15) is 26.2 Å². The van der Waals surface area contributed by atoms with Crippen molar-refractivity contribution in [3.05, 3.63) is 12.3 Å². The maximum absolute atomic E-state index is 5.96. The zero-order chi connectivity index (χ0) is 10.4. The van der Waals surface area contributed by atoms with E-state index in [1.165, 1.54) is 0 Å². The average Bonchev–Trinajstić information content (AvgIpc) is 2.66. The van der Waals surface area contributed by atoms with Crippen LogP contribution in [-0.2, 0) is 9.47 Å². The van der Waals surface area contributed by atoms with Gasteiger partial charge in [0, 0.05) is 13.2 Å². The lowest BCUT2D eigenvalue weighted by atomic mass is 9.99. The van der Waals surface area contributed by atoms with Gasteiger partial charge in [-0.1, -0.05) is 13.5 Å². The molecular formula is C11H21NO2. The van der Waals surface area contributed by atoms with Crippen LogP contribution in [0.4, 0.5) is 0 Å². The summed E-state index contributed by atoms with van der Waals surface area (Å²) >= 11 is 0. The van der Waals surface area contributed by atoms with Crippen molar-refractivity contribution in [2.75, 3.05) is 19.8 Å². The molecule has 14 heavy (non-hydrogen) atoms. The maximum Gasteiger partial charge on any atom is 0.105 e. The minimum atomic E-state index is -0.0340. The standard InChI is InChI=1S/C11H21NO2/c1-3-5-14-9(2)11(12)7-10-4-6-13-8-10/h10-11H,2-8,12H2,1H3. The Hall–Kier alpha value is -0.540. The molecule has 1 rings (SSSR count). The Labute approximate surface area is 86.3 Å². The molecule has 0 spiro atoms. The first kappa shape index (κ1) is 11.5. The summed E-state index contributed by atoms with van der Waals surface area (Å²) < 4.78 is 10.7. The molecule has 0 aliphatic carbocycles. The van der Waals surface area contributed by atoms with Gasteiger partial charge in [0.1, 0.15) is 5.76 Å².